The minimum atomic E-state index is -0.979. The van der Waals surface area contributed by atoms with Crippen molar-refractivity contribution < 1.29 is 33.3 Å². The number of aliphatic carboxylic acids is 1. The molecule has 9 heteroatoms. The molecule has 1 N–H and O–H groups in total. The van der Waals surface area contributed by atoms with Gasteiger partial charge in [-0.25, -0.2) is 9.78 Å². The molecule has 2 heterocycles. The van der Waals surface area contributed by atoms with E-state index in [0.29, 0.717) is 36.8 Å². The summed E-state index contributed by atoms with van der Waals surface area (Å²) in [5, 5.41) is 12.2. The first-order valence-corrected chi connectivity index (χ1v) is 11.9. The Morgan fingerprint density at radius 3 is 2.51 bits per heavy atom. The number of nitrogens with zero attached hydrogens (tertiary/aromatic N) is 1. The number of ether oxygens (including phenoxy) is 4. The van der Waals surface area contributed by atoms with Gasteiger partial charge in [0.1, 0.15) is 23.0 Å². The zero-order chi connectivity index (χ0) is 24.9. The maximum Gasteiger partial charge on any atom is 0.333 e. The zero-order valence-corrected chi connectivity index (χ0v) is 20.8. The van der Waals surface area contributed by atoms with Crippen molar-refractivity contribution in [2.75, 3.05) is 27.9 Å². The molecule has 35 heavy (non-hydrogen) atoms. The topological polar surface area (TPSA) is 100 Å². The largest absolute Gasteiger partial charge is 0.497 e. The number of aryl methyl sites for hydroxylation is 1. The Balaban J connectivity index is 1.47. The number of methoxy groups -OCH3 is 3. The first-order valence-electron chi connectivity index (χ1n) is 11.0. The van der Waals surface area contributed by atoms with Crippen molar-refractivity contribution in [1.82, 2.24) is 4.98 Å². The van der Waals surface area contributed by atoms with E-state index in [4.69, 9.17) is 23.4 Å². The van der Waals surface area contributed by atoms with Crippen LogP contribution in [-0.2, 0) is 22.4 Å². The maximum absolute atomic E-state index is 11.4. The van der Waals surface area contributed by atoms with Crippen LogP contribution in [0, 0.1) is 6.92 Å². The van der Waals surface area contributed by atoms with Gasteiger partial charge < -0.3 is 28.5 Å². The molecule has 0 bridgehead atoms. The summed E-state index contributed by atoms with van der Waals surface area (Å²) in [4.78, 5) is 16.0. The SMILES string of the molecule is COc1cc(OC)cc(-c2nc(CCOc3ccc(C[C@H](OC)C(=O)O)c4sccc34)c(C)o2)c1. The molecule has 4 rings (SSSR count). The van der Waals surface area contributed by atoms with Crippen LogP contribution >= 0.6 is 11.3 Å². The van der Waals surface area contributed by atoms with E-state index in [9.17, 15) is 9.90 Å². The summed E-state index contributed by atoms with van der Waals surface area (Å²) < 4.78 is 28.8. The molecule has 2 aromatic carbocycles. The van der Waals surface area contributed by atoms with Crippen LogP contribution in [0.3, 0.4) is 0 Å². The van der Waals surface area contributed by atoms with Crippen LogP contribution in [0.15, 0.2) is 46.2 Å². The molecule has 0 radical (unpaired) electrons. The lowest BCUT2D eigenvalue weighted by Gasteiger charge is -2.13. The van der Waals surface area contributed by atoms with Gasteiger partial charge in [0.05, 0.1) is 26.5 Å². The number of carbonyl (C=O) groups is 1. The second kappa shape index (κ2) is 10.8. The quantitative estimate of drug-likeness (QED) is 0.304. The lowest BCUT2D eigenvalue weighted by Crippen LogP contribution is -2.24. The number of carboxylic acid groups (broad SMARTS) is 1. The number of rotatable bonds is 11. The maximum atomic E-state index is 11.4. The second-order valence-electron chi connectivity index (χ2n) is 7.87. The molecule has 0 saturated heterocycles. The molecule has 0 unspecified atom stereocenters. The van der Waals surface area contributed by atoms with E-state index in [1.165, 1.54) is 7.11 Å². The van der Waals surface area contributed by atoms with E-state index >= 15 is 0 Å². The summed E-state index contributed by atoms with van der Waals surface area (Å²) >= 11 is 1.56. The van der Waals surface area contributed by atoms with Crippen LogP contribution in [0.25, 0.3) is 21.5 Å². The lowest BCUT2D eigenvalue weighted by molar-refractivity contribution is -0.148. The Kier molecular flexibility index (Phi) is 7.57. The highest BCUT2D eigenvalue weighted by Crippen LogP contribution is 2.34. The average molecular weight is 498 g/mol. The molecule has 0 amide bonds. The monoisotopic (exact) mass is 497 g/mol. The van der Waals surface area contributed by atoms with Gasteiger partial charge in [0.25, 0.3) is 0 Å². The molecule has 2 aromatic heterocycles. The van der Waals surface area contributed by atoms with Gasteiger partial charge in [-0.1, -0.05) is 6.07 Å². The van der Waals surface area contributed by atoms with Crippen LogP contribution in [0.5, 0.6) is 17.2 Å². The van der Waals surface area contributed by atoms with Crippen molar-refractivity contribution >= 4 is 27.4 Å². The van der Waals surface area contributed by atoms with Crippen molar-refractivity contribution in [2.24, 2.45) is 0 Å². The minimum Gasteiger partial charge on any atom is -0.497 e. The number of hydrogen-bond acceptors (Lipinski definition) is 8. The van der Waals surface area contributed by atoms with Crippen LogP contribution in [0.2, 0.25) is 0 Å². The van der Waals surface area contributed by atoms with E-state index in [1.807, 2.05) is 42.6 Å². The van der Waals surface area contributed by atoms with Gasteiger partial charge in [-0.3, -0.25) is 0 Å². The number of aromatic nitrogens is 1. The smallest absolute Gasteiger partial charge is 0.333 e. The first kappa shape index (κ1) is 24.6. The van der Waals surface area contributed by atoms with Crippen molar-refractivity contribution in [3.05, 3.63) is 58.8 Å². The third-order valence-corrected chi connectivity index (χ3v) is 6.70. The molecular formula is C26H27NO7S. The van der Waals surface area contributed by atoms with Gasteiger partial charge in [0.15, 0.2) is 6.10 Å². The van der Waals surface area contributed by atoms with Gasteiger partial charge >= 0.3 is 5.97 Å². The Hall–Kier alpha value is -3.56. The fraction of sp³-hybridized carbons (Fsp3) is 0.308. The number of oxazole rings is 1. The predicted molar refractivity (Wildman–Crippen MR) is 133 cm³/mol. The minimum absolute atomic E-state index is 0.291. The molecule has 0 spiro atoms. The fourth-order valence-electron chi connectivity index (χ4n) is 3.82. The number of hydrogen-bond donors (Lipinski definition) is 1. The molecule has 0 aliphatic rings. The van der Waals surface area contributed by atoms with Gasteiger partial charge in [-0.15, -0.1) is 11.3 Å². The standard InChI is InChI=1S/C26H27NO7S/c1-15-21(27-25(34-15)17-11-18(30-2)14-19(12-17)31-3)7-9-33-22-6-5-16(13-23(32-4)26(28)29)24-20(22)8-10-35-24/h5-6,8,10-12,14,23H,7,9,13H2,1-4H3,(H,28,29)/t23-/m0/s1. The summed E-state index contributed by atoms with van der Waals surface area (Å²) in [6, 6.07) is 11.3. The molecule has 0 aliphatic carbocycles. The number of thiophene rings is 1. The highest BCUT2D eigenvalue weighted by Gasteiger charge is 2.20. The third-order valence-electron chi connectivity index (χ3n) is 5.71. The Morgan fingerprint density at radius 2 is 1.86 bits per heavy atom. The Morgan fingerprint density at radius 1 is 1.11 bits per heavy atom. The highest BCUT2D eigenvalue weighted by molar-refractivity contribution is 7.17. The molecular weight excluding hydrogens is 470 g/mol. The van der Waals surface area contributed by atoms with E-state index < -0.39 is 12.1 Å². The van der Waals surface area contributed by atoms with Crippen molar-refractivity contribution in [3.8, 4) is 28.7 Å². The summed E-state index contributed by atoms with van der Waals surface area (Å²) in [5.41, 5.74) is 2.49. The first-order chi connectivity index (χ1) is 16.9. The van der Waals surface area contributed by atoms with Gasteiger partial charge in [0.2, 0.25) is 5.89 Å². The molecule has 0 saturated carbocycles. The van der Waals surface area contributed by atoms with E-state index in [-0.39, 0.29) is 0 Å². The van der Waals surface area contributed by atoms with Crippen LogP contribution in [0.4, 0.5) is 0 Å². The lowest BCUT2D eigenvalue weighted by atomic mass is 10.1. The van der Waals surface area contributed by atoms with Crippen LogP contribution < -0.4 is 14.2 Å². The average Bonchev–Trinajstić information content (AvgIpc) is 3.50. The van der Waals surface area contributed by atoms with E-state index in [2.05, 4.69) is 4.98 Å². The number of carboxylic acids is 1. The molecule has 0 aliphatic heterocycles. The second-order valence-corrected chi connectivity index (χ2v) is 8.79. The number of fused-ring (bicyclic) bond motifs is 1. The molecule has 1 atom stereocenters. The Bertz CT molecular complexity index is 1300. The molecule has 4 aromatic rings. The summed E-state index contributed by atoms with van der Waals surface area (Å²) in [6.45, 7) is 2.29. The molecule has 0 fully saturated rings. The van der Waals surface area contributed by atoms with Gasteiger partial charge in [-0.05, 0) is 42.1 Å². The van der Waals surface area contributed by atoms with E-state index in [0.717, 1.165) is 38.4 Å². The summed E-state index contributed by atoms with van der Waals surface area (Å²) in [5.74, 6) is 2.29. The third kappa shape index (κ3) is 5.41. The summed E-state index contributed by atoms with van der Waals surface area (Å²) in [7, 11) is 4.60. The van der Waals surface area contributed by atoms with Gasteiger partial charge in [-0.2, -0.15) is 0 Å². The van der Waals surface area contributed by atoms with Crippen molar-refractivity contribution in [2.45, 2.75) is 25.9 Å². The zero-order valence-electron chi connectivity index (χ0n) is 20.0. The van der Waals surface area contributed by atoms with Gasteiger partial charge in [0, 0.05) is 41.7 Å². The van der Waals surface area contributed by atoms with Crippen LogP contribution in [-0.4, -0.2) is 50.1 Å². The summed E-state index contributed by atoms with van der Waals surface area (Å²) in [6.07, 6.45) is -0.0332. The van der Waals surface area contributed by atoms with Crippen molar-refractivity contribution in [1.29, 1.82) is 0 Å². The van der Waals surface area contributed by atoms with Crippen molar-refractivity contribution in [3.63, 3.8) is 0 Å². The Labute approximate surface area is 207 Å². The fourth-order valence-corrected chi connectivity index (χ4v) is 4.76. The molecule has 184 valence electrons. The predicted octanol–water partition coefficient (Wildman–Crippen LogP) is 5.15. The number of benzene rings is 2. The molecule has 8 nitrogen and oxygen atoms in total. The van der Waals surface area contributed by atoms with E-state index in [1.54, 1.807) is 31.6 Å². The normalized spacial score (nSPS) is 12.0. The van der Waals surface area contributed by atoms with Crippen LogP contribution in [0.1, 0.15) is 17.0 Å². The highest BCUT2D eigenvalue weighted by atomic mass is 32.1.